The van der Waals surface area contributed by atoms with E-state index in [0.717, 1.165) is 17.9 Å². The van der Waals surface area contributed by atoms with Crippen molar-refractivity contribution >= 4 is 0 Å². The smallest absolute Gasteiger partial charge is 0.240 e. The lowest BCUT2D eigenvalue weighted by Crippen LogP contribution is -2.11. The maximum atomic E-state index is 5.10. The molecule has 2 aromatic rings. The average Bonchev–Trinajstić information content (AvgIpc) is 2.75. The molecule has 0 aliphatic rings. The topological polar surface area (TPSA) is 63.8 Å². The molecule has 5 heteroatoms. The van der Waals surface area contributed by atoms with Gasteiger partial charge in [-0.3, -0.25) is 0 Å². The minimum absolute atomic E-state index is 0.539. The number of nitrogens with zero attached hydrogens (tertiary/aromatic N) is 3. The molecule has 2 aromatic heterocycles. The highest BCUT2D eigenvalue weighted by atomic mass is 16.5. The molecule has 0 spiro atoms. The van der Waals surface area contributed by atoms with Crippen molar-refractivity contribution in [3.63, 3.8) is 0 Å². The van der Waals surface area contributed by atoms with Gasteiger partial charge in [0.2, 0.25) is 11.7 Å². The first-order valence-electron chi connectivity index (χ1n) is 5.27. The van der Waals surface area contributed by atoms with Gasteiger partial charge in [0.15, 0.2) is 0 Å². The van der Waals surface area contributed by atoms with E-state index < -0.39 is 0 Å². The van der Waals surface area contributed by atoms with E-state index >= 15 is 0 Å². The predicted molar refractivity (Wildman–Crippen MR) is 59.6 cm³/mol. The second-order valence-corrected chi connectivity index (χ2v) is 3.46. The Morgan fingerprint density at radius 3 is 2.94 bits per heavy atom. The summed E-state index contributed by atoms with van der Waals surface area (Å²) in [6.07, 6.45) is 0. The summed E-state index contributed by atoms with van der Waals surface area (Å²) in [5, 5.41) is 7.02. The summed E-state index contributed by atoms with van der Waals surface area (Å²) in [4.78, 5) is 8.59. The predicted octanol–water partition coefficient (Wildman–Crippen LogP) is 1.55. The fourth-order valence-electron chi connectivity index (χ4n) is 1.33. The molecule has 0 aromatic carbocycles. The highest BCUT2D eigenvalue weighted by Gasteiger charge is 2.08. The molecule has 0 unspecified atom stereocenters. The molecule has 16 heavy (non-hydrogen) atoms. The molecule has 2 heterocycles. The zero-order valence-corrected chi connectivity index (χ0v) is 9.40. The lowest BCUT2D eigenvalue weighted by atomic mass is 10.3. The maximum absolute atomic E-state index is 5.10. The Balaban J connectivity index is 2.18. The van der Waals surface area contributed by atoms with Crippen LogP contribution in [-0.4, -0.2) is 21.7 Å². The first-order chi connectivity index (χ1) is 7.79. The molecule has 5 nitrogen and oxygen atoms in total. The van der Waals surface area contributed by atoms with Crippen LogP contribution in [0.1, 0.15) is 18.5 Å². The molecule has 0 atom stereocenters. The van der Waals surface area contributed by atoms with Crippen LogP contribution < -0.4 is 5.32 Å². The Morgan fingerprint density at radius 2 is 2.19 bits per heavy atom. The summed E-state index contributed by atoms with van der Waals surface area (Å²) in [5.74, 6) is 1.12. The van der Waals surface area contributed by atoms with E-state index in [1.54, 1.807) is 0 Å². The highest BCUT2D eigenvalue weighted by molar-refractivity contribution is 5.47. The van der Waals surface area contributed by atoms with Crippen molar-refractivity contribution < 1.29 is 4.52 Å². The van der Waals surface area contributed by atoms with Crippen LogP contribution in [0.25, 0.3) is 11.5 Å². The van der Waals surface area contributed by atoms with Gasteiger partial charge in [-0.2, -0.15) is 4.98 Å². The van der Waals surface area contributed by atoms with E-state index in [4.69, 9.17) is 4.52 Å². The summed E-state index contributed by atoms with van der Waals surface area (Å²) >= 11 is 0. The molecule has 1 N–H and O–H groups in total. The van der Waals surface area contributed by atoms with Crippen LogP contribution >= 0.6 is 0 Å². The second-order valence-electron chi connectivity index (χ2n) is 3.46. The van der Waals surface area contributed by atoms with Crippen LogP contribution in [-0.2, 0) is 6.54 Å². The summed E-state index contributed by atoms with van der Waals surface area (Å²) < 4.78 is 5.10. The van der Waals surface area contributed by atoms with Crippen molar-refractivity contribution in [1.29, 1.82) is 0 Å². The molecule has 0 saturated heterocycles. The molecular formula is C11H14N4O. The fraction of sp³-hybridized carbons (Fsp3) is 0.364. The van der Waals surface area contributed by atoms with E-state index in [1.165, 1.54) is 0 Å². The lowest BCUT2D eigenvalue weighted by molar-refractivity contribution is 0.369. The Hall–Kier alpha value is -1.75. The Kier molecular flexibility index (Phi) is 3.26. The molecule has 0 bridgehead atoms. The van der Waals surface area contributed by atoms with Gasteiger partial charge < -0.3 is 9.84 Å². The number of rotatable bonds is 4. The van der Waals surface area contributed by atoms with Crippen LogP contribution in [0.3, 0.4) is 0 Å². The second kappa shape index (κ2) is 4.85. The minimum Gasteiger partial charge on any atom is -0.337 e. The maximum Gasteiger partial charge on any atom is 0.240 e. The van der Waals surface area contributed by atoms with E-state index in [-0.39, 0.29) is 0 Å². The van der Waals surface area contributed by atoms with Crippen molar-refractivity contribution in [1.82, 2.24) is 20.4 Å². The molecule has 0 aliphatic carbocycles. The summed E-state index contributed by atoms with van der Waals surface area (Å²) in [6, 6.07) is 5.73. The van der Waals surface area contributed by atoms with Crippen molar-refractivity contribution in [3.8, 4) is 11.5 Å². The van der Waals surface area contributed by atoms with Crippen LogP contribution in [0.5, 0.6) is 0 Å². The Bertz CT molecular complexity index is 467. The standard InChI is InChI=1S/C11H14N4O/c1-3-12-7-10-14-11(15-16-10)9-6-4-5-8(2)13-9/h4-6,12H,3,7H2,1-2H3. The van der Waals surface area contributed by atoms with Crippen LogP contribution in [0, 0.1) is 6.92 Å². The van der Waals surface area contributed by atoms with Gasteiger partial charge in [0.25, 0.3) is 0 Å². The number of aryl methyl sites for hydroxylation is 1. The monoisotopic (exact) mass is 218 g/mol. The van der Waals surface area contributed by atoms with E-state index in [0.29, 0.717) is 18.3 Å². The largest absolute Gasteiger partial charge is 0.337 e. The first-order valence-corrected chi connectivity index (χ1v) is 5.27. The third-order valence-corrected chi connectivity index (χ3v) is 2.11. The van der Waals surface area contributed by atoms with E-state index in [1.807, 2.05) is 32.0 Å². The number of aromatic nitrogens is 3. The van der Waals surface area contributed by atoms with Crippen molar-refractivity contribution in [2.24, 2.45) is 0 Å². The fourth-order valence-corrected chi connectivity index (χ4v) is 1.33. The molecule has 0 radical (unpaired) electrons. The molecule has 0 fully saturated rings. The number of hydrogen-bond acceptors (Lipinski definition) is 5. The first kappa shape index (κ1) is 10.8. The van der Waals surface area contributed by atoms with Crippen LogP contribution in [0.15, 0.2) is 22.7 Å². The van der Waals surface area contributed by atoms with Crippen molar-refractivity contribution in [2.75, 3.05) is 6.54 Å². The summed E-state index contributed by atoms with van der Waals surface area (Å²) in [7, 11) is 0. The third-order valence-electron chi connectivity index (χ3n) is 2.11. The quantitative estimate of drug-likeness (QED) is 0.843. The molecule has 0 saturated carbocycles. The molecule has 2 rings (SSSR count). The van der Waals surface area contributed by atoms with Gasteiger partial charge in [0, 0.05) is 5.69 Å². The molecule has 0 aliphatic heterocycles. The minimum atomic E-state index is 0.539. The van der Waals surface area contributed by atoms with Gasteiger partial charge in [0.1, 0.15) is 5.69 Å². The molecular weight excluding hydrogens is 204 g/mol. The van der Waals surface area contributed by atoms with Gasteiger partial charge >= 0.3 is 0 Å². The van der Waals surface area contributed by atoms with Crippen LogP contribution in [0.4, 0.5) is 0 Å². The molecule has 0 amide bonds. The lowest BCUT2D eigenvalue weighted by Gasteiger charge is -1.94. The van der Waals surface area contributed by atoms with Gasteiger partial charge in [-0.05, 0) is 25.6 Å². The summed E-state index contributed by atoms with van der Waals surface area (Å²) in [5.41, 5.74) is 1.68. The Labute approximate surface area is 93.9 Å². The number of pyridine rings is 1. The zero-order chi connectivity index (χ0) is 11.4. The van der Waals surface area contributed by atoms with Gasteiger partial charge in [-0.25, -0.2) is 4.98 Å². The SMILES string of the molecule is CCNCc1nc(-c2cccc(C)n2)no1. The number of hydrogen-bond donors (Lipinski definition) is 1. The van der Waals surface area contributed by atoms with Crippen molar-refractivity contribution in [2.45, 2.75) is 20.4 Å². The molecule has 84 valence electrons. The highest BCUT2D eigenvalue weighted by Crippen LogP contribution is 2.12. The normalized spacial score (nSPS) is 10.6. The number of nitrogens with one attached hydrogen (secondary N) is 1. The van der Waals surface area contributed by atoms with E-state index in [2.05, 4.69) is 20.4 Å². The van der Waals surface area contributed by atoms with Gasteiger partial charge in [-0.15, -0.1) is 0 Å². The van der Waals surface area contributed by atoms with E-state index in [9.17, 15) is 0 Å². The Morgan fingerprint density at radius 1 is 1.31 bits per heavy atom. The van der Waals surface area contributed by atoms with Gasteiger partial charge in [-0.1, -0.05) is 18.1 Å². The zero-order valence-electron chi connectivity index (χ0n) is 9.40. The van der Waals surface area contributed by atoms with Crippen molar-refractivity contribution in [3.05, 3.63) is 29.8 Å². The summed E-state index contributed by atoms with van der Waals surface area (Å²) in [6.45, 7) is 5.43. The third kappa shape index (κ3) is 2.43. The van der Waals surface area contributed by atoms with Crippen LogP contribution in [0.2, 0.25) is 0 Å². The van der Waals surface area contributed by atoms with Gasteiger partial charge in [0.05, 0.1) is 6.54 Å². The average molecular weight is 218 g/mol.